The Bertz CT molecular complexity index is 487. The Balaban J connectivity index is 0.00000242. The van der Waals surface area contributed by atoms with Crippen LogP contribution in [0.15, 0.2) is 24.3 Å². The number of amides is 1. The highest BCUT2D eigenvalue weighted by molar-refractivity contribution is 6.30. The first-order valence-electron chi connectivity index (χ1n) is 7.66. The van der Waals surface area contributed by atoms with Crippen LogP contribution in [0.2, 0.25) is 5.02 Å². The molecule has 124 valence electrons. The van der Waals surface area contributed by atoms with E-state index in [1.165, 1.54) is 18.4 Å². The Hall–Kier alpha value is -0.770. The molecule has 5 heteroatoms. The van der Waals surface area contributed by atoms with Crippen molar-refractivity contribution in [2.45, 2.75) is 33.1 Å². The summed E-state index contributed by atoms with van der Waals surface area (Å²) < 4.78 is 0. The molecule has 2 rings (SSSR count). The van der Waals surface area contributed by atoms with Crippen LogP contribution in [0.1, 0.15) is 32.3 Å². The first-order valence-corrected chi connectivity index (χ1v) is 8.04. The van der Waals surface area contributed by atoms with Crippen LogP contribution in [0.25, 0.3) is 0 Å². The van der Waals surface area contributed by atoms with E-state index in [-0.39, 0.29) is 23.7 Å². The molecule has 0 aromatic heterocycles. The highest BCUT2D eigenvalue weighted by Crippen LogP contribution is 2.27. The zero-order chi connectivity index (χ0) is 15.3. The maximum Gasteiger partial charge on any atom is 0.233 e. The Morgan fingerprint density at radius 2 is 2.09 bits per heavy atom. The van der Waals surface area contributed by atoms with Crippen LogP contribution in [0, 0.1) is 11.3 Å². The third-order valence-corrected chi connectivity index (χ3v) is 3.99. The van der Waals surface area contributed by atoms with Gasteiger partial charge in [0.1, 0.15) is 0 Å². The van der Waals surface area contributed by atoms with Gasteiger partial charge >= 0.3 is 0 Å². The first kappa shape index (κ1) is 19.3. The van der Waals surface area contributed by atoms with Crippen LogP contribution in [-0.4, -0.2) is 25.5 Å². The molecule has 3 nitrogen and oxygen atoms in total. The molecule has 1 aliphatic carbocycles. The molecule has 1 saturated carbocycles. The van der Waals surface area contributed by atoms with E-state index < -0.39 is 0 Å². The summed E-state index contributed by atoms with van der Waals surface area (Å²) in [4.78, 5) is 11.8. The van der Waals surface area contributed by atoms with E-state index in [1.807, 2.05) is 18.2 Å². The molecule has 1 aromatic carbocycles. The fourth-order valence-corrected chi connectivity index (χ4v) is 2.59. The number of carbonyl (C=O) groups excluding carboxylic acids is 1. The van der Waals surface area contributed by atoms with Gasteiger partial charge in [0, 0.05) is 11.6 Å². The smallest absolute Gasteiger partial charge is 0.233 e. The van der Waals surface area contributed by atoms with Crippen LogP contribution < -0.4 is 10.6 Å². The van der Waals surface area contributed by atoms with Gasteiger partial charge < -0.3 is 10.6 Å². The monoisotopic (exact) mass is 344 g/mol. The second-order valence-electron chi connectivity index (χ2n) is 6.82. The van der Waals surface area contributed by atoms with Crippen molar-refractivity contribution in [1.29, 1.82) is 0 Å². The molecule has 1 amide bonds. The van der Waals surface area contributed by atoms with E-state index in [2.05, 4.69) is 30.5 Å². The van der Waals surface area contributed by atoms with Gasteiger partial charge in [-0.1, -0.05) is 37.6 Å². The molecular formula is C17H26Cl2N2O. The predicted molar refractivity (Wildman–Crippen MR) is 94.8 cm³/mol. The van der Waals surface area contributed by atoms with Gasteiger partial charge in [0.25, 0.3) is 0 Å². The summed E-state index contributed by atoms with van der Waals surface area (Å²) in [6.07, 6.45) is 3.51. The van der Waals surface area contributed by atoms with Crippen LogP contribution in [0.4, 0.5) is 0 Å². The van der Waals surface area contributed by atoms with Crippen molar-refractivity contribution in [3.63, 3.8) is 0 Å². The largest absolute Gasteiger partial charge is 0.354 e. The normalized spacial score (nSPS) is 14.3. The number of rotatable bonds is 8. The third kappa shape index (κ3) is 7.48. The number of carbonyl (C=O) groups is 1. The maximum absolute atomic E-state index is 11.8. The summed E-state index contributed by atoms with van der Waals surface area (Å²) in [6.45, 7) is 6.38. The standard InChI is InChI=1S/C17H25ClN2O.ClH/c1-17(2,9-14-4-3-5-15(18)8-14)12-20-16(21)11-19-10-13-6-7-13;/h3-5,8,13,19H,6-7,9-12H2,1-2H3,(H,20,21);1H. The second kappa shape index (κ2) is 8.76. The fourth-order valence-electron chi connectivity index (χ4n) is 2.37. The van der Waals surface area contributed by atoms with Crippen LogP contribution in [0.3, 0.4) is 0 Å². The molecule has 1 fully saturated rings. The van der Waals surface area contributed by atoms with Crippen LogP contribution in [0.5, 0.6) is 0 Å². The summed E-state index contributed by atoms with van der Waals surface area (Å²) in [6, 6.07) is 7.91. The summed E-state index contributed by atoms with van der Waals surface area (Å²) >= 11 is 6.01. The molecule has 0 bridgehead atoms. The van der Waals surface area contributed by atoms with E-state index in [4.69, 9.17) is 11.6 Å². The van der Waals surface area contributed by atoms with Crippen LogP contribution in [-0.2, 0) is 11.2 Å². The molecule has 0 aliphatic heterocycles. The van der Waals surface area contributed by atoms with E-state index in [9.17, 15) is 4.79 Å². The molecule has 0 heterocycles. The number of nitrogens with one attached hydrogen (secondary N) is 2. The highest BCUT2D eigenvalue weighted by Gasteiger charge is 2.22. The van der Waals surface area contributed by atoms with Crippen molar-refractivity contribution in [3.8, 4) is 0 Å². The predicted octanol–water partition coefficient (Wildman–Crippen LogP) is 3.45. The van der Waals surface area contributed by atoms with Gasteiger partial charge in [0.05, 0.1) is 6.54 Å². The molecule has 2 N–H and O–H groups in total. The number of halogens is 2. The Morgan fingerprint density at radius 1 is 1.36 bits per heavy atom. The zero-order valence-corrected chi connectivity index (χ0v) is 14.9. The average molecular weight is 345 g/mol. The van der Waals surface area contributed by atoms with E-state index in [0.717, 1.165) is 23.9 Å². The van der Waals surface area contributed by atoms with Gasteiger partial charge in [-0.15, -0.1) is 12.4 Å². The molecule has 1 aliphatic rings. The first-order chi connectivity index (χ1) is 9.94. The van der Waals surface area contributed by atoms with Gasteiger partial charge in [-0.25, -0.2) is 0 Å². The van der Waals surface area contributed by atoms with Gasteiger partial charge in [0.15, 0.2) is 0 Å². The topological polar surface area (TPSA) is 41.1 Å². The lowest BCUT2D eigenvalue weighted by Gasteiger charge is -2.25. The number of hydrogen-bond donors (Lipinski definition) is 2. The van der Waals surface area contributed by atoms with Gasteiger partial charge in [-0.05, 0) is 54.8 Å². The molecule has 0 unspecified atom stereocenters. The molecule has 0 saturated heterocycles. The molecule has 22 heavy (non-hydrogen) atoms. The van der Waals surface area contributed by atoms with Crippen molar-refractivity contribution < 1.29 is 4.79 Å². The SMILES string of the molecule is CC(C)(CNC(=O)CNCC1CC1)Cc1cccc(Cl)c1.Cl. The third-order valence-electron chi connectivity index (χ3n) is 3.75. The fraction of sp³-hybridized carbons (Fsp3) is 0.588. The van der Waals surface area contributed by atoms with Crippen molar-refractivity contribution in [2.24, 2.45) is 11.3 Å². The number of benzene rings is 1. The lowest BCUT2D eigenvalue weighted by molar-refractivity contribution is -0.120. The van der Waals surface area contributed by atoms with E-state index in [1.54, 1.807) is 0 Å². The number of hydrogen-bond acceptors (Lipinski definition) is 2. The molecule has 1 aromatic rings. The minimum Gasteiger partial charge on any atom is -0.354 e. The Morgan fingerprint density at radius 3 is 2.73 bits per heavy atom. The second-order valence-corrected chi connectivity index (χ2v) is 7.26. The minimum atomic E-state index is 0. The van der Waals surface area contributed by atoms with Crippen molar-refractivity contribution in [1.82, 2.24) is 10.6 Å². The van der Waals surface area contributed by atoms with Crippen LogP contribution >= 0.6 is 24.0 Å². The summed E-state index contributed by atoms with van der Waals surface area (Å²) in [5.41, 5.74) is 1.21. The highest BCUT2D eigenvalue weighted by atomic mass is 35.5. The summed E-state index contributed by atoms with van der Waals surface area (Å²) in [5, 5.41) is 6.99. The molecular weight excluding hydrogens is 319 g/mol. The van der Waals surface area contributed by atoms with E-state index >= 15 is 0 Å². The quantitative estimate of drug-likeness (QED) is 0.758. The zero-order valence-electron chi connectivity index (χ0n) is 13.3. The van der Waals surface area contributed by atoms with Crippen molar-refractivity contribution in [3.05, 3.63) is 34.9 Å². The maximum atomic E-state index is 11.8. The van der Waals surface area contributed by atoms with Crippen molar-refractivity contribution >= 4 is 29.9 Å². The Kier molecular flexibility index (Phi) is 7.67. The molecule has 0 radical (unpaired) electrons. The lowest BCUT2D eigenvalue weighted by atomic mass is 9.85. The Labute approximate surface area is 144 Å². The van der Waals surface area contributed by atoms with Gasteiger partial charge in [0.2, 0.25) is 5.91 Å². The van der Waals surface area contributed by atoms with Gasteiger partial charge in [-0.3, -0.25) is 4.79 Å². The summed E-state index contributed by atoms with van der Waals surface area (Å²) in [7, 11) is 0. The molecule has 0 spiro atoms. The van der Waals surface area contributed by atoms with Gasteiger partial charge in [-0.2, -0.15) is 0 Å². The van der Waals surface area contributed by atoms with Crippen molar-refractivity contribution in [2.75, 3.05) is 19.6 Å². The van der Waals surface area contributed by atoms with E-state index in [0.29, 0.717) is 13.1 Å². The lowest BCUT2D eigenvalue weighted by Crippen LogP contribution is -2.40. The minimum absolute atomic E-state index is 0. The summed E-state index contributed by atoms with van der Waals surface area (Å²) in [5.74, 6) is 0.881. The molecule has 0 atom stereocenters. The average Bonchev–Trinajstić information content (AvgIpc) is 3.20.